The van der Waals surface area contributed by atoms with Crippen LogP contribution in [0.5, 0.6) is 0 Å². The van der Waals surface area contributed by atoms with Gasteiger partial charge in [0.25, 0.3) is 0 Å². The summed E-state index contributed by atoms with van der Waals surface area (Å²) in [5, 5.41) is 12.9. The van der Waals surface area contributed by atoms with Crippen LogP contribution in [0.15, 0.2) is 11.1 Å². The van der Waals surface area contributed by atoms with Gasteiger partial charge in [-0.15, -0.1) is 0 Å². The van der Waals surface area contributed by atoms with Crippen LogP contribution in [0.1, 0.15) is 53.4 Å². The van der Waals surface area contributed by atoms with E-state index in [0.29, 0.717) is 6.04 Å². The predicted octanol–water partition coefficient (Wildman–Crippen LogP) is 2.67. The fourth-order valence-corrected chi connectivity index (χ4v) is 5.46. The summed E-state index contributed by atoms with van der Waals surface area (Å²) in [6.45, 7) is 10.5. The molecule has 25 heavy (non-hydrogen) atoms. The minimum absolute atomic E-state index is 0.0265. The summed E-state index contributed by atoms with van der Waals surface area (Å²) in [6.07, 6.45) is 3.79. The Hall–Kier alpha value is -1.36. The second-order valence-electron chi connectivity index (χ2n) is 8.55. The summed E-state index contributed by atoms with van der Waals surface area (Å²) in [4.78, 5) is 27.3. The van der Waals surface area contributed by atoms with Crippen molar-refractivity contribution < 1.29 is 14.7 Å². The molecule has 5 heteroatoms. The van der Waals surface area contributed by atoms with Crippen LogP contribution in [0, 0.1) is 23.7 Å². The first-order valence-corrected chi connectivity index (χ1v) is 9.75. The maximum Gasteiger partial charge on any atom is 0.307 e. The molecule has 3 fully saturated rings. The lowest BCUT2D eigenvalue weighted by atomic mass is 9.78. The standard InChI is InChI=1S/C20H32N2O3/c1-11(2)16-14-5-6-15(16)18(20(24)25)17(14)19(23)21-13-7-9-22(10-8-13)12(3)4/h12-15,17-18H,5-10H2,1-4H3,(H,21,23)(H,24,25)/t14-,15+,17+,18+/m0/s1. The molecule has 1 aliphatic heterocycles. The van der Waals surface area contributed by atoms with Crippen LogP contribution < -0.4 is 5.32 Å². The van der Waals surface area contributed by atoms with Crippen molar-refractivity contribution in [2.75, 3.05) is 13.1 Å². The van der Waals surface area contributed by atoms with Gasteiger partial charge in [-0.2, -0.15) is 0 Å². The highest BCUT2D eigenvalue weighted by Crippen LogP contribution is 2.57. The van der Waals surface area contributed by atoms with Gasteiger partial charge in [0.15, 0.2) is 0 Å². The van der Waals surface area contributed by atoms with Crippen molar-refractivity contribution in [3.05, 3.63) is 11.1 Å². The quantitative estimate of drug-likeness (QED) is 0.767. The molecule has 0 aromatic carbocycles. The van der Waals surface area contributed by atoms with Gasteiger partial charge in [-0.3, -0.25) is 9.59 Å². The lowest BCUT2D eigenvalue weighted by molar-refractivity contribution is -0.149. The summed E-state index contributed by atoms with van der Waals surface area (Å²) in [7, 11) is 0. The number of nitrogens with one attached hydrogen (secondary N) is 1. The van der Waals surface area contributed by atoms with E-state index >= 15 is 0 Å². The number of hydrogen-bond acceptors (Lipinski definition) is 3. The molecule has 3 rings (SSSR count). The van der Waals surface area contributed by atoms with E-state index in [1.165, 1.54) is 11.1 Å². The van der Waals surface area contributed by atoms with Gasteiger partial charge in [0.1, 0.15) is 0 Å². The van der Waals surface area contributed by atoms with Crippen molar-refractivity contribution in [2.45, 2.75) is 65.5 Å². The highest BCUT2D eigenvalue weighted by atomic mass is 16.4. The zero-order valence-corrected chi connectivity index (χ0v) is 15.9. The minimum atomic E-state index is -0.805. The number of nitrogens with zero attached hydrogens (tertiary/aromatic N) is 1. The van der Waals surface area contributed by atoms with Gasteiger partial charge in [0.2, 0.25) is 5.91 Å². The van der Waals surface area contributed by atoms with Crippen LogP contribution >= 0.6 is 0 Å². The molecule has 0 aromatic rings. The van der Waals surface area contributed by atoms with Crippen LogP contribution in [0.3, 0.4) is 0 Å². The van der Waals surface area contributed by atoms with E-state index in [4.69, 9.17) is 0 Å². The van der Waals surface area contributed by atoms with Crippen LogP contribution in [0.2, 0.25) is 0 Å². The van der Waals surface area contributed by atoms with E-state index in [2.05, 4.69) is 37.9 Å². The molecule has 5 nitrogen and oxygen atoms in total. The molecule has 3 aliphatic rings. The Labute approximate surface area is 150 Å². The summed E-state index contributed by atoms with van der Waals surface area (Å²) < 4.78 is 0. The number of aliphatic carboxylic acids is 1. The van der Waals surface area contributed by atoms with E-state index in [0.717, 1.165) is 38.8 Å². The van der Waals surface area contributed by atoms with Gasteiger partial charge in [-0.25, -0.2) is 0 Å². The number of allylic oxidation sites excluding steroid dienone is 2. The number of carbonyl (C=O) groups is 2. The number of hydrogen-bond donors (Lipinski definition) is 2. The molecular weight excluding hydrogens is 316 g/mol. The van der Waals surface area contributed by atoms with Gasteiger partial charge < -0.3 is 15.3 Å². The largest absolute Gasteiger partial charge is 0.481 e. The summed E-state index contributed by atoms with van der Waals surface area (Å²) in [5.74, 6) is -1.57. The van der Waals surface area contributed by atoms with Crippen LogP contribution in [0.25, 0.3) is 0 Å². The van der Waals surface area contributed by atoms with Crippen LogP contribution in [0.4, 0.5) is 0 Å². The van der Waals surface area contributed by atoms with Crippen molar-refractivity contribution in [3.63, 3.8) is 0 Å². The number of likely N-dealkylation sites (tertiary alicyclic amines) is 1. The molecule has 0 radical (unpaired) electrons. The third-order valence-electron chi connectivity index (χ3n) is 6.61. The van der Waals surface area contributed by atoms with Crippen LogP contribution in [-0.4, -0.2) is 47.1 Å². The molecule has 1 saturated heterocycles. The Kier molecular flexibility index (Phi) is 5.24. The van der Waals surface area contributed by atoms with Crippen molar-refractivity contribution in [3.8, 4) is 0 Å². The Morgan fingerprint density at radius 2 is 1.60 bits per heavy atom. The minimum Gasteiger partial charge on any atom is -0.481 e. The molecular formula is C20H32N2O3. The first-order valence-electron chi connectivity index (χ1n) is 9.75. The number of amides is 1. The Morgan fingerprint density at radius 1 is 1.04 bits per heavy atom. The van der Waals surface area contributed by atoms with Gasteiger partial charge in [-0.05, 0) is 65.2 Å². The van der Waals surface area contributed by atoms with Crippen molar-refractivity contribution in [1.82, 2.24) is 10.2 Å². The van der Waals surface area contributed by atoms with Gasteiger partial charge >= 0.3 is 5.97 Å². The molecule has 1 heterocycles. The topological polar surface area (TPSA) is 69.6 Å². The molecule has 140 valence electrons. The second-order valence-corrected chi connectivity index (χ2v) is 8.55. The monoisotopic (exact) mass is 348 g/mol. The third-order valence-corrected chi connectivity index (χ3v) is 6.61. The highest BCUT2D eigenvalue weighted by Gasteiger charge is 2.57. The van der Waals surface area contributed by atoms with E-state index in [1.807, 2.05) is 0 Å². The SMILES string of the molecule is CC(C)=C1[C@H]2CC[C@@H]1[C@@H](C(=O)NC1CCN(C(C)C)CC1)[C@@H]2C(=O)O. The third kappa shape index (κ3) is 3.35. The average Bonchev–Trinajstić information content (AvgIpc) is 3.11. The smallest absolute Gasteiger partial charge is 0.307 e. The first-order chi connectivity index (χ1) is 11.8. The molecule has 0 spiro atoms. The summed E-state index contributed by atoms with van der Waals surface area (Å²) in [5.41, 5.74) is 2.46. The van der Waals surface area contributed by atoms with Crippen LogP contribution in [-0.2, 0) is 9.59 Å². The fraction of sp³-hybridized carbons (Fsp3) is 0.800. The number of carbonyl (C=O) groups excluding carboxylic acids is 1. The Balaban J connectivity index is 1.69. The van der Waals surface area contributed by atoms with E-state index in [1.54, 1.807) is 0 Å². The molecule has 0 aromatic heterocycles. The van der Waals surface area contributed by atoms with Crippen molar-refractivity contribution >= 4 is 11.9 Å². The normalized spacial score (nSPS) is 33.1. The Morgan fingerprint density at radius 3 is 2.08 bits per heavy atom. The Bertz CT molecular complexity index is 571. The van der Waals surface area contributed by atoms with Crippen molar-refractivity contribution in [1.29, 1.82) is 0 Å². The summed E-state index contributed by atoms with van der Waals surface area (Å²) in [6, 6.07) is 0.727. The summed E-state index contributed by atoms with van der Waals surface area (Å²) >= 11 is 0. The van der Waals surface area contributed by atoms with Gasteiger partial charge in [0.05, 0.1) is 11.8 Å². The first kappa shape index (κ1) is 18.4. The van der Waals surface area contributed by atoms with Crippen molar-refractivity contribution in [2.24, 2.45) is 23.7 Å². The van der Waals surface area contributed by atoms with E-state index in [9.17, 15) is 14.7 Å². The maximum absolute atomic E-state index is 13.0. The fourth-order valence-electron chi connectivity index (χ4n) is 5.46. The van der Waals surface area contributed by atoms with E-state index < -0.39 is 11.9 Å². The van der Waals surface area contributed by atoms with E-state index in [-0.39, 0.29) is 29.7 Å². The average molecular weight is 348 g/mol. The highest BCUT2D eigenvalue weighted by molar-refractivity contribution is 5.87. The molecule has 0 unspecified atom stereocenters. The van der Waals surface area contributed by atoms with Gasteiger partial charge in [-0.1, -0.05) is 11.1 Å². The molecule has 2 N–H and O–H groups in total. The zero-order valence-electron chi connectivity index (χ0n) is 15.9. The molecule has 2 aliphatic carbocycles. The molecule has 2 saturated carbocycles. The number of carboxylic acid groups (broad SMARTS) is 1. The lowest BCUT2D eigenvalue weighted by Gasteiger charge is -2.36. The lowest BCUT2D eigenvalue weighted by Crippen LogP contribution is -2.50. The number of rotatable bonds is 4. The predicted molar refractivity (Wildman–Crippen MR) is 97.1 cm³/mol. The second kappa shape index (κ2) is 7.10. The zero-order chi connectivity index (χ0) is 18.3. The number of fused-ring (bicyclic) bond motifs is 2. The molecule has 4 atom stereocenters. The maximum atomic E-state index is 13.0. The molecule has 2 bridgehead atoms. The number of piperidine rings is 1. The number of carboxylic acids is 1. The molecule has 1 amide bonds. The van der Waals surface area contributed by atoms with Gasteiger partial charge in [0, 0.05) is 25.2 Å².